The number of hydrogen-bond donors (Lipinski definition) is 0. The standard InChI is InChI=1S/C17H23N3O3S/c1-13-8-9-20(15(11-13)16-5-4-10-23-16)17-7-6-14(12-18-17)24(21,22)19(2)3/h4-7,10,12-13,15H,8-9,11H2,1-3H3/t13-,15+/m0/s1. The third-order valence-electron chi connectivity index (χ3n) is 4.53. The summed E-state index contributed by atoms with van der Waals surface area (Å²) in [5.41, 5.74) is 0. The summed E-state index contributed by atoms with van der Waals surface area (Å²) < 4.78 is 31.1. The fourth-order valence-corrected chi connectivity index (χ4v) is 3.92. The topological polar surface area (TPSA) is 66.7 Å². The van der Waals surface area contributed by atoms with Crippen LogP contribution in [0.15, 0.2) is 46.0 Å². The van der Waals surface area contributed by atoms with Crippen LogP contribution in [0.3, 0.4) is 0 Å². The normalized spacial score (nSPS) is 22.1. The minimum absolute atomic E-state index is 0.132. The van der Waals surface area contributed by atoms with Gasteiger partial charge in [-0.15, -0.1) is 0 Å². The van der Waals surface area contributed by atoms with Gasteiger partial charge in [0.1, 0.15) is 16.5 Å². The summed E-state index contributed by atoms with van der Waals surface area (Å²) in [5, 5.41) is 0. The molecule has 0 saturated carbocycles. The van der Waals surface area contributed by atoms with Crippen LogP contribution >= 0.6 is 0 Å². The molecule has 1 fully saturated rings. The van der Waals surface area contributed by atoms with Gasteiger partial charge in [-0.1, -0.05) is 6.92 Å². The summed E-state index contributed by atoms with van der Waals surface area (Å²) >= 11 is 0. The highest BCUT2D eigenvalue weighted by Gasteiger charge is 2.30. The minimum Gasteiger partial charge on any atom is -0.467 e. The third-order valence-corrected chi connectivity index (χ3v) is 6.33. The van der Waals surface area contributed by atoms with Crippen molar-refractivity contribution in [2.45, 2.75) is 30.7 Å². The highest BCUT2D eigenvalue weighted by atomic mass is 32.2. The molecule has 1 aliphatic rings. The second kappa shape index (κ2) is 6.57. The van der Waals surface area contributed by atoms with E-state index in [4.69, 9.17) is 4.42 Å². The highest BCUT2D eigenvalue weighted by molar-refractivity contribution is 7.89. The van der Waals surface area contributed by atoms with Crippen LogP contribution in [-0.2, 0) is 10.0 Å². The van der Waals surface area contributed by atoms with E-state index in [1.54, 1.807) is 18.4 Å². The minimum atomic E-state index is -3.46. The highest BCUT2D eigenvalue weighted by Crippen LogP contribution is 2.37. The summed E-state index contributed by atoms with van der Waals surface area (Å²) in [6, 6.07) is 7.41. The summed E-state index contributed by atoms with van der Waals surface area (Å²) in [6.07, 6.45) is 5.19. The Bertz CT molecular complexity index is 770. The summed E-state index contributed by atoms with van der Waals surface area (Å²) in [4.78, 5) is 6.82. The average molecular weight is 349 g/mol. The maximum atomic E-state index is 12.2. The van der Waals surface area contributed by atoms with Gasteiger partial charge in [0.05, 0.1) is 12.3 Å². The second-order valence-electron chi connectivity index (χ2n) is 6.49. The van der Waals surface area contributed by atoms with Crippen molar-refractivity contribution in [1.29, 1.82) is 0 Å². The number of aromatic nitrogens is 1. The molecule has 0 amide bonds. The molecule has 1 saturated heterocycles. The SMILES string of the molecule is C[C@H]1CCN(c2ccc(S(=O)(=O)N(C)C)cn2)[C@@H](c2ccco2)C1. The molecule has 2 aromatic rings. The molecule has 1 aliphatic heterocycles. The number of pyridine rings is 1. The smallest absolute Gasteiger partial charge is 0.244 e. The van der Waals surface area contributed by atoms with Crippen molar-refractivity contribution in [2.24, 2.45) is 5.92 Å². The van der Waals surface area contributed by atoms with Crippen LogP contribution in [0.4, 0.5) is 5.82 Å². The summed E-state index contributed by atoms with van der Waals surface area (Å²) in [5.74, 6) is 2.32. The van der Waals surface area contributed by atoms with Crippen LogP contribution in [-0.4, -0.2) is 38.3 Å². The fourth-order valence-electron chi connectivity index (χ4n) is 3.07. The molecule has 0 bridgehead atoms. The van der Waals surface area contributed by atoms with Gasteiger partial charge in [-0.25, -0.2) is 17.7 Å². The number of anilines is 1. The van der Waals surface area contributed by atoms with Crippen LogP contribution in [0, 0.1) is 5.92 Å². The molecule has 0 radical (unpaired) electrons. The molecule has 0 spiro atoms. The van der Waals surface area contributed by atoms with Crippen LogP contribution in [0.5, 0.6) is 0 Å². The lowest BCUT2D eigenvalue weighted by Crippen LogP contribution is -2.36. The van der Waals surface area contributed by atoms with Crippen LogP contribution in [0.25, 0.3) is 0 Å². The van der Waals surface area contributed by atoms with Gasteiger partial charge in [0, 0.05) is 26.8 Å². The van der Waals surface area contributed by atoms with Gasteiger partial charge in [-0.2, -0.15) is 0 Å². The van der Waals surface area contributed by atoms with E-state index < -0.39 is 10.0 Å². The molecule has 0 N–H and O–H groups in total. The molecule has 0 unspecified atom stereocenters. The third kappa shape index (κ3) is 3.18. The van der Waals surface area contributed by atoms with Gasteiger partial charge in [0.25, 0.3) is 0 Å². The van der Waals surface area contributed by atoms with E-state index in [0.717, 1.165) is 31.0 Å². The molecule has 0 aromatic carbocycles. The molecule has 6 nitrogen and oxygen atoms in total. The number of rotatable bonds is 4. The first kappa shape index (κ1) is 17.0. The molecule has 2 atom stereocenters. The van der Waals surface area contributed by atoms with E-state index in [9.17, 15) is 8.42 Å². The van der Waals surface area contributed by atoms with Crippen molar-refractivity contribution < 1.29 is 12.8 Å². The van der Waals surface area contributed by atoms with Crippen molar-refractivity contribution in [2.75, 3.05) is 25.5 Å². The quantitative estimate of drug-likeness (QED) is 0.849. The first-order valence-corrected chi connectivity index (χ1v) is 9.52. The molecule has 3 heterocycles. The Morgan fingerprint density at radius 3 is 2.67 bits per heavy atom. The summed E-state index contributed by atoms with van der Waals surface area (Å²) in [6.45, 7) is 3.12. The zero-order chi connectivity index (χ0) is 17.3. The Balaban J connectivity index is 1.89. The van der Waals surface area contributed by atoms with Crippen LogP contribution < -0.4 is 4.90 Å². The van der Waals surface area contributed by atoms with E-state index in [2.05, 4.69) is 16.8 Å². The zero-order valence-corrected chi connectivity index (χ0v) is 15.0. The average Bonchev–Trinajstić information content (AvgIpc) is 3.09. The predicted molar refractivity (Wildman–Crippen MR) is 92.3 cm³/mol. The molecule has 0 aliphatic carbocycles. The molecule has 3 rings (SSSR count). The zero-order valence-electron chi connectivity index (χ0n) is 14.2. The van der Waals surface area contributed by atoms with E-state index in [-0.39, 0.29) is 10.9 Å². The number of furan rings is 1. The monoisotopic (exact) mass is 349 g/mol. The summed E-state index contributed by atoms with van der Waals surface area (Å²) in [7, 11) is -0.424. The Kier molecular flexibility index (Phi) is 4.64. The van der Waals surface area contributed by atoms with Gasteiger partial charge >= 0.3 is 0 Å². The fraction of sp³-hybridized carbons (Fsp3) is 0.471. The van der Waals surface area contributed by atoms with Crippen LogP contribution in [0.1, 0.15) is 31.6 Å². The van der Waals surface area contributed by atoms with Crippen molar-refractivity contribution in [1.82, 2.24) is 9.29 Å². The van der Waals surface area contributed by atoms with E-state index in [0.29, 0.717) is 5.92 Å². The molecule has 130 valence electrons. The van der Waals surface area contributed by atoms with Crippen molar-refractivity contribution in [3.63, 3.8) is 0 Å². The Labute approximate surface area is 143 Å². The van der Waals surface area contributed by atoms with Gasteiger partial charge in [0.2, 0.25) is 10.0 Å². The Hall–Kier alpha value is -1.86. The molecule has 2 aromatic heterocycles. The lowest BCUT2D eigenvalue weighted by Gasteiger charge is -2.38. The number of hydrogen-bond acceptors (Lipinski definition) is 5. The maximum absolute atomic E-state index is 12.2. The van der Waals surface area contributed by atoms with E-state index in [1.165, 1.54) is 24.6 Å². The van der Waals surface area contributed by atoms with Crippen LogP contribution in [0.2, 0.25) is 0 Å². The Morgan fingerprint density at radius 1 is 1.29 bits per heavy atom. The van der Waals surface area contributed by atoms with Crippen molar-refractivity contribution in [3.8, 4) is 0 Å². The Morgan fingerprint density at radius 2 is 2.08 bits per heavy atom. The van der Waals surface area contributed by atoms with E-state index in [1.807, 2.05) is 12.1 Å². The molecule has 7 heteroatoms. The largest absolute Gasteiger partial charge is 0.467 e. The van der Waals surface area contributed by atoms with E-state index >= 15 is 0 Å². The number of nitrogens with zero attached hydrogens (tertiary/aromatic N) is 3. The number of piperidine rings is 1. The first-order valence-electron chi connectivity index (χ1n) is 8.08. The second-order valence-corrected chi connectivity index (χ2v) is 8.65. The number of sulfonamides is 1. The van der Waals surface area contributed by atoms with Gasteiger partial charge in [-0.3, -0.25) is 0 Å². The lowest BCUT2D eigenvalue weighted by atomic mass is 9.91. The lowest BCUT2D eigenvalue weighted by molar-refractivity contribution is 0.327. The maximum Gasteiger partial charge on any atom is 0.244 e. The van der Waals surface area contributed by atoms with Gasteiger partial charge < -0.3 is 9.32 Å². The first-order chi connectivity index (χ1) is 11.4. The van der Waals surface area contributed by atoms with Crippen molar-refractivity contribution >= 4 is 15.8 Å². The predicted octanol–water partition coefficient (Wildman–Crippen LogP) is 2.90. The molecular formula is C17H23N3O3S. The van der Waals surface area contributed by atoms with Gasteiger partial charge in [0.15, 0.2) is 0 Å². The molecule has 24 heavy (non-hydrogen) atoms. The van der Waals surface area contributed by atoms with Gasteiger partial charge in [-0.05, 0) is 43.0 Å². The molecular weight excluding hydrogens is 326 g/mol. The van der Waals surface area contributed by atoms with Crippen molar-refractivity contribution in [3.05, 3.63) is 42.5 Å².